The number of furan rings is 1. The first-order valence-corrected chi connectivity index (χ1v) is 7.81. The van der Waals surface area contributed by atoms with Crippen LogP contribution in [-0.2, 0) is 10.5 Å². The molecule has 0 aromatic carbocycles. The Bertz CT molecular complexity index is 509. The predicted molar refractivity (Wildman–Crippen MR) is 75.4 cm³/mol. The zero-order chi connectivity index (χ0) is 13.6. The van der Waals surface area contributed by atoms with Crippen LogP contribution in [0.1, 0.15) is 5.89 Å². The summed E-state index contributed by atoms with van der Waals surface area (Å²) in [6.45, 7) is 4.84. The van der Waals surface area contributed by atoms with Crippen molar-refractivity contribution in [2.24, 2.45) is 0 Å². The largest absolute Gasteiger partial charge is 0.461 e. The molecule has 0 aliphatic carbocycles. The highest BCUT2D eigenvalue weighted by atomic mass is 32.2. The molecule has 6 nitrogen and oxygen atoms in total. The van der Waals surface area contributed by atoms with Crippen LogP contribution in [0.5, 0.6) is 0 Å². The number of ether oxygens (including phenoxy) is 1. The second kappa shape index (κ2) is 6.92. The topological polar surface area (TPSA) is 64.5 Å². The zero-order valence-electron chi connectivity index (χ0n) is 11.2. The smallest absolute Gasteiger partial charge is 0.238 e. The van der Waals surface area contributed by atoms with Crippen LogP contribution in [0.15, 0.2) is 27.3 Å². The lowest BCUT2D eigenvalue weighted by molar-refractivity contribution is 0.0410. The van der Waals surface area contributed by atoms with Crippen molar-refractivity contribution < 1.29 is 13.7 Å². The first-order chi connectivity index (χ1) is 9.92. The fourth-order valence-electron chi connectivity index (χ4n) is 2.00. The van der Waals surface area contributed by atoms with Crippen LogP contribution in [0.4, 0.5) is 0 Å². The van der Waals surface area contributed by atoms with Gasteiger partial charge >= 0.3 is 0 Å². The van der Waals surface area contributed by atoms with Crippen LogP contribution in [0.25, 0.3) is 11.6 Å². The average Bonchev–Trinajstić information content (AvgIpc) is 3.15. The molecule has 0 saturated carbocycles. The lowest BCUT2D eigenvalue weighted by Gasteiger charge is -2.26. The maximum Gasteiger partial charge on any atom is 0.238 e. The van der Waals surface area contributed by atoms with Gasteiger partial charge in [-0.1, -0.05) is 5.16 Å². The molecular formula is C13H17N3O3S. The second-order valence-corrected chi connectivity index (χ2v) is 5.60. The summed E-state index contributed by atoms with van der Waals surface area (Å²) in [5.41, 5.74) is 0. The van der Waals surface area contributed by atoms with E-state index in [1.807, 2.05) is 12.1 Å². The van der Waals surface area contributed by atoms with Gasteiger partial charge in [0.05, 0.1) is 25.2 Å². The van der Waals surface area contributed by atoms with Gasteiger partial charge in [-0.15, -0.1) is 0 Å². The predicted octanol–water partition coefficient (Wildman–Crippen LogP) is 1.89. The summed E-state index contributed by atoms with van der Waals surface area (Å²) in [7, 11) is 0. The zero-order valence-corrected chi connectivity index (χ0v) is 12.0. The van der Waals surface area contributed by atoms with Gasteiger partial charge in [-0.3, -0.25) is 4.90 Å². The van der Waals surface area contributed by atoms with Crippen LogP contribution in [0.2, 0.25) is 0 Å². The minimum absolute atomic E-state index is 0.513. The van der Waals surface area contributed by atoms with Crippen LogP contribution in [-0.4, -0.2) is 53.6 Å². The number of morpholine rings is 1. The summed E-state index contributed by atoms with van der Waals surface area (Å²) in [6.07, 6.45) is 1.60. The molecule has 3 heterocycles. The van der Waals surface area contributed by atoms with Crippen LogP contribution >= 0.6 is 11.8 Å². The Kier molecular flexibility index (Phi) is 4.73. The van der Waals surface area contributed by atoms with Gasteiger partial charge < -0.3 is 13.7 Å². The van der Waals surface area contributed by atoms with Crippen molar-refractivity contribution in [3.63, 3.8) is 0 Å². The number of aromatic nitrogens is 2. The number of nitrogens with zero attached hydrogens (tertiary/aromatic N) is 3. The molecule has 1 fully saturated rings. The molecule has 20 heavy (non-hydrogen) atoms. The molecule has 3 rings (SSSR count). The normalized spacial score (nSPS) is 16.6. The fraction of sp³-hybridized carbons (Fsp3) is 0.538. The number of hydrogen-bond donors (Lipinski definition) is 0. The summed E-state index contributed by atoms with van der Waals surface area (Å²) < 4.78 is 15.8. The number of rotatable bonds is 6. The van der Waals surface area contributed by atoms with Crippen LogP contribution in [0, 0.1) is 0 Å². The Labute approximate surface area is 121 Å². The Balaban J connectivity index is 1.40. The van der Waals surface area contributed by atoms with Crippen molar-refractivity contribution in [3.05, 3.63) is 24.3 Å². The third kappa shape index (κ3) is 3.62. The first kappa shape index (κ1) is 13.7. The quantitative estimate of drug-likeness (QED) is 0.754. The van der Waals surface area contributed by atoms with E-state index in [0.717, 1.165) is 44.4 Å². The van der Waals surface area contributed by atoms with E-state index in [4.69, 9.17) is 13.7 Å². The van der Waals surface area contributed by atoms with Crippen LogP contribution < -0.4 is 0 Å². The molecule has 0 unspecified atom stereocenters. The van der Waals surface area contributed by atoms with Crippen molar-refractivity contribution in [2.75, 3.05) is 38.6 Å². The summed E-state index contributed by atoms with van der Waals surface area (Å²) in [6, 6.07) is 3.63. The molecule has 1 aliphatic rings. The van der Waals surface area contributed by atoms with E-state index in [9.17, 15) is 0 Å². The number of hydrogen-bond acceptors (Lipinski definition) is 7. The SMILES string of the molecule is c1coc(-c2noc(CSCCN3CCOCC3)n2)c1. The Morgan fingerprint density at radius 3 is 3.00 bits per heavy atom. The van der Waals surface area contributed by atoms with Crippen molar-refractivity contribution in [1.82, 2.24) is 15.0 Å². The molecule has 0 N–H and O–H groups in total. The van der Waals surface area contributed by atoms with Gasteiger partial charge in [-0.25, -0.2) is 0 Å². The second-order valence-electron chi connectivity index (χ2n) is 4.50. The van der Waals surface area contributed by atoms with Gasteiger partial charge in [-0.2, -0.15) is 16.7 Å². The van der Waals surface area contributed by atoms with E-state index in [1.54, 1.807) is 18.0 Å². The molecule has 0 bridgehead atoms. The molecule has 1 aliphatic heterocycles. The van der Waals surface area contributed by atoms with Gasteiger partial charge in [-0.05, 0) is 12.1 Å². The monoisotopic (exact) mass is 295 g/mol. The van der Waals surface area contributed by atoms with E-state index >= 15 is 0 Å². The molecule has 0 atom stereocenters. The summed E-state index contributed by atoms with van der Waals surface area (Å²) in [4.78, 5) is 6.73. The van der Waals surface area contributed by atoms with Crippen LogP contribution in [0.3, 0.4) is 0 Å². The van der Waals surface area contributed by atoms with E-state index in [0.29, 0.717) is 17.5 Å². The molecule has 108 valence electrons. The first-order valence-electron chi connectivity index (χ1n) is 6.66. The van der Waals surface area contributed by atoms with E-state index in [2.05, 4.69) is 15.0 Å². The fourth-order valence-corrected chi connectivity index (χ4v) is 2.82. The lowest BCUT2D eigenvalue weighted by atomic mass is 10.4. The Morgan fingerprint density at radius 2 is 2.20 bits per heavy atom. The van der Waals surface area contributed by atoms with Gasteiger partial charge in [0.2, 0.25) is 11.7 Å². The third-order valence-corrected chi connectivity index (χ3v) is 4.01. The molecule has 1 saturated heterocycles. The Morgan fingerprint density at radius 1 is 1.30 bits per heavy atom. The Hall–Kier alpha value is -1.31. The maximum absolute atomic E-state index is 5.32. The minimum Gasteiger partial charge on any atom is -0.461 e. The van der Waals surface area contributed by atoms with Crippen molar-refractivity contribution >= 4 is 11.8 Å². The summed E-state index contributed by atoms with van der Waals surface area (Å²) in [5, 5.41) is 3.91. The van der Waals surface area contributed by atoms with Gasteiger partial charge in [0, 0.05) is 25.4 Å². The highest BCUT2D eigenvalue weighted by Gasteiger charge is 2.12. The van der Waals surface area contributed by atoms with Crippen molar-refractivity contribution in [2.45, 2.75) is 5.75 Å². The molecule has 0 amide bonds. The molecular weight excluding hydrogens is 278 g/mol. The molecule has 2 aromatic rings. The van der Waals surface area contributed by atoms with Crippen molar-refractivity contribution in [3.8, 4) is 11.6 Å². The van der Waals surface area contributed by atoms with Crippen molar-refractivity contribution in [1.29, 1.82) is 0 Å². The highest BCUT2D eigenvalue weighted by molar-refractivity contribution is 7.98. The minimum atomic E-state index is 0.513. The van der Waals surface area contributed by atoms with E-state index in [1.165, 1.54) is 0 Å². The van der Waals surface area contributed by atoms with E-state index in [-0.39, 0.29) is 0 Å². The molecule has 0 radical (unpaired) electrons. The van der Waals surface area contributed by atoms with E-state index < -0.39 is 0 Å². The molecule has 2 aromatic heterocycles. The van der Waals surface area contributed by atoms with Gasteiger partial charge in [0.25, 0.3) is 0 Å². The maximum atomic E-state index is 5.32. The summed E-state index contributed by atoms with van der Waals surface area (Å²) >= 11 is 1.80. The molecule has 0 spiro atoms. The van der Waals surface area contributed by atoms with Gasteiger partial charge in [0.15, 0.2) is 5.76 Å². The third-order valence-electron chi connectivity index (χ3n) is 3.09. The average molecular weight is 295 g/mol. The molecule has 7 heteroatoms. The standard InChI is InChI=1S/C13H17N3O3S/c1-2-11(18-6-1)13-14-12(19-15-13)10-20-9-5-16-3-7-17-8-4-16/h1-2,6H,3-5,7-10H2. The van der Waals surface area contributed by atoms with Gasteiger partial charge in [0.1, 0.15) is 0 Å². The highest BCUT2D eigenvalue weighted by Crippen LogP contribution is 2.18. The number of thioether (sulfide) groups is 1. The summed E-state index contributed by atoms with van der Waals surface area (Å²) in [5.74, 6) is 3.58. The lowest BCUT2D eigenvalue weighted by Crippen LogP contribution is -2.37.